The van der Waals surface area contributed by atoms with Crippen LogP contribution in [-0.2, 0) is 16.6 Å². The maximum absolute atomic E-state index is 12.3. The minimum Gasteiger partial charge on any atom is -0.384 e. The fourth-order valence-electron chi connectivity index (χ4n) is 1.60. The molecular formula is C12H15N5O2S. The van der Waals surface area contributed by atoms with Crippen molar-refractivity contribution in [1.82, 2.24) is 19.7 Å². The molecule has 0 bridgehead atoms. The Morgan fingerprint density at radius 3 is 2.70 bits per heavy atom. The number of nitrogens with one attached hydrogen (secondary N) is 2. The van der Waals surface area contributed by atoms with Crippen molar-refractivity contribution in [2.75, 3.05) is 11.9 Å². The molecule has 0 aromatic carbocycles. The van der Waals surface area contributed by atoms with E-state index in [1.54, 1.807) is 24.5 Å². The standard InChI is InChI=1S/C12H15N5O2S/c1-2-15-11-4-6-13-8-12(11)20(18,19)17-7-10-3-5-14-9-16-10/h3-6,8-9,17H,2,7H2,1H3,(H,13,15). The molecule has 0 fully saturated rings. The number of aromatic nitrogens is 3. The lowest BCUT2D eigenvalue weighted by Crippen LogP contribution is -2.25. The zero-order valence-electron chi connectivity index (χ0n) is 10.9. The fraction of sp³-hybridized carbons (Fsp3) is 0.250. The van der Waals surface area contributed by atoms with Crippen molar-refractivity contribution in [3.63, 3.8) is 0 Å². The molecule has 0 unspecified atom stereocenters. The Hall–Kier alpha value is -2.06. The van der Waals surface area contributed by atoms with E-state index in [9.17, 15) is 8.42 Å². The molecule has 0 spiro atoms. The van der Waals surface area contributed by atoms with Crippen molar-refractivity contribution >= 4 is 15.7 Å². The van der Waals surface area contributed by atoms with Gasteiger partial charge in [-0.1, -0.05) is 0 Å². The Balaban J connectivity index is 2.18. The van der Waals surface area contributed by atoms with Gasteiger partial charge in [-0.3, -0.25) is 4.98 Å². The van der Waals surface area contributed by atoms with E-state index >= 15 is 0 Å². The number of pyridine rings is 1. The number of hydrogen-bond donors (Lipinski definition) is 2. The quantitative estimate of drug-likeness (QED) is 0.817. The van der Waals surface area contributed by atoms with Crippen molar-refractivity contribution in [3.05, 3.63) is 42.7 Å². The summed E-state index contributed by atoms with van der Waals surface area (Å²) in [5.41, 5.74) is 1.12. The molecule has 0 atom stereocenters. The summed E-state index contributed by atoms with van der Waals surface area (Å²) in [5, 5.41) is 3.00. The lowest BCUT2D eigenvalue weighted by atomic mass is 10.4. The molecule has 0 aliphatic carbocycles. The van der Waals surface area contributed by atoms with Gasteiger partial charge in [-0.25, -0.2) is 23.1 Å². The van der Waals surface area contributed by atoms with E-state index in [0.29, 0.717) is 17.9 Å². The first-order valence-electron chi connectivity index (χ1n) is 6.06. The zero-order valence-corrected chi connectivity index (χ0v) is 11.8. The Bertz CT molecular complexity index is 661. The van der Waals surface area contributed by atoms with Gasteiger partial charge in [-0.15, -0.1) is 0 Å². The summed E-state index contributed by atoms with van der Waals surface area (Å²) in [6, 6.07) is 3.28. The number of hydrogen-bond acceptors (Lipinski definition) is 6. The van der Waals surface area contributed by atoms with Gasteiger partial charge in [0.05, 0.1) is 17.9 Å². The Morgan fingerprint density at radius 2 is 2.00 bits per heavy atom. The van der Waals surface area contributed by atoms with E-state index in [4.69, 9.17) is 0 Å². The van der Waals surface area contributed by atoms with E-state index in [0.717, 1.165) is 0 Å². The van der Waals surface area contributed by atoms with Crippen LogP contribution in [0.4, 0.5) is 5.69 Å². The van der Waals surface area contributed by atoms with Crippen LogP contribution >= 0.6 is 0 Å². The molecule has 106 valence electrons. The highest BCUT2D eigenvalue weighted by Crippen LogP contribution is 2.19. The molecule has 0 radical (unpaired) electrons. The SMILES string of the molecule is CCNc1ccncc1S(=O)(=O)NCc1ccncn1. The summed E-state index contributed by atoms with van der Waals surface area (Å²) in [6.45, 7) is 2.62. The summed E-state index contributed by atoms with van der Waals surface area (Å²) in [7, 11) is -3.65. The smallest absolute Gasteiger partial charge is 0.244 e. The molecule has 2 N–H and O–H groups in total. The maximum atomic E-state index is 12.3. The van der Waals surface area contributed by atoms with Crippen LogP contribution < -0.4 is 10.0 Å². The summed E-state index contributed by atoms with van der Waals surface area (Å²) in [6.07, 6.45) is 5.80. The van der Waals surface area contributed by atoms with Crippen molar-refractivity contribution in [2.45, 2.75) is 18.4 Å². The van der Waals surface area contributed by atoms with Gasteiger partial charge >= 0.3 is 0 Å². The van der Waals surface area contributed by atoms with Crippen LogP contribution in [0, 0.1) is 0 Å². The number of anilines is 1. The predicted octanol–water partition coefficient (Wildman–Crippen LogP) is 0.782. The lowest BCUT2D eigenvalue weighted by molar-refractivity contribution is 0.580. The van der Waals surface area contributed by atoms with Gasteiger partial charge in [-0.2, -0.15) is 0 Å². The minimum atomic E-state index is -3.65. The van der Waals surface area contributed by atoms with Gasteiger partial charge in [0.15, 0.2) is 0 Å². The second-order valence-electron chi connectivity index (χ2n) is 3.93. The van der Waals surface area contributed by atoms with Gasteiger partial charge in [0.2, 0.25) is 10.0 Å². The van der Waals surface area contributed by atoms with E-state index in [1.807, 2.05) is 6.92 Å². The van der Waals surface area contributed by atoms with Crippen LogP contribution in [0.1, 0.15) is 12.6 Å². The molecule has 8 heteroatoms. The first-order chi connectivity index (χ1) is 9.63. The zero-order chi connectivity index (χ0) is 14.4. The molecular weight excluding hydrogens is 278 g/mol. The molecule has 0 saturated carbocycles. The maximum Gasteiger partial charge on any atom is 0.244 e. The highest BCUT2D eigenvalue weighted by molar-refractivity contribution is 7.89. The molecule has 0 amide bonds. The summed E-state index contributed by atoms with van der Waals surface area (Å²) < 4.78 is 27.0. The minimum absolute atomic E-state index is 0.102. The van der Waals surface area contributed by atoms with Gasteiger partial charge in [-0.05, 0) is 19.1 Å². The molecule has 20 heavy (non-hydrogen) atoms. The molecule has 7 nitrogen and oxygen atoms in total. The summed E-state index contributed by atoms with van der Waals surface area (Å²) >= 11 is 0. The third-order valence-corrected chi connectivity index (χ3v) is 3.96. The van der Waals surface area contributed by atoms with Gasteiger partial charge in [0.25, 0.3) is 0 Å². The molecule has 2 heterocycles. The van der Waals surface area contributed by atoms with Crippen LogP contribution in [-0.4, -0.2) is 29.9 Å². The van der Waals surface area contributed by atoms with Crippen LogP contribution in [0.3, 0.4) is 0 Å². The number of nitrogens with zero attached hydrogens (tertiary/aromatic N) is 3. The first kappa shape index (κ1) is 14.4. The topological polar surface area (TPSA) is 96.9 Å². The molecule has 0 saturated heterocycles. The Morgan fingerprint density at radius 1 is 1.20 bits per heavy atom. The van der Waals surface area contributed by atoms with Crippen LogP contribution in [0.5, 0.6) is 0 Å². The van der Waals surface area contributed by atoms with Gasteiger partial charge < -0.3 is 5.32 Å². The monoisotopic (exact) mass is 293 g/mol. The largest absolute Gasteiger partial charge is 0.384 e. The third-order valence-electron chi connectivity index (χ3n) is 2.53. The normalized spacial score (nSPS) is 11.2. The average molecular weight is 293 g/mol. The molecule has 0 aliphatic heterocycles. The molecule has 0 aliphatic rings. The first-order valence-corrected chi connectivity index (χ1v) is 7.54. The summed E-state index contributed by atoms with van der Waals surface area (Å²) in [5.74, 6) is 0. The highest BCUT2D eigenvalue weighted by Gasteiger charge is 2.18. The van der Waals surface area contributed by atoms with E-state index in [2.05, 4.69) is 25.0 Å². The van der Waals surface area contributed by atoms with Crippen molar-refractivity contribution in [3.8, 4) is 0 Å². The van der Waals surface area contributed by atoms with Gasteiger partial charge in [0, 0.05) is 25.1 Å². The van der Waals surface area contributed by atoms with Crippen LogP contribution in [0.2, 0.25) is 0 Å². The average Bonchev–Trinajstić information content (AvgIpc) is 2.47. The van der Waals surface area contributed by atoms with Crippen LogP contribution in [0.25, 0.3) is 0 Å². The third kappa shape index (κ3) is 3.49. The highest BCUT2D eigenvalue weighted by atomic mass is 32.2. The van der Waals surface area contributed by atoms with Gasteiger partial charge in [0.1, 0.15) is 11.2 Å². The lowest BCUT2D eigenvalue weighted by Gasteiger charge is -2.11. The second-order valence-corrected chi connectivity index (χ2v) is 5.66. The molecule has 2 aromatic rings. The predicted molar refractivity (Wildman–Crippen MR) is 74.5 cm³/mol. The number of sulfonamides is 1. The molecule has 2 aromatic heterocycles. The second kappa shape index (κ2) is 6.40. The van der Waals surface area contributed by atoms with Crippen molar-refractivity contribution in [2.24, 2.45) is 0 Å². The van der Waals surface area contributed by atoms with Crippen molar-refractivity contribution < 1.29 is 8.42 Å². The summed E-state index contributed by atoms with van der Waals surface area (Å²) in [4.78, 5) is 11.7. The van der Waals surface area contributed by atoms with E-state index in [-0.39, 0.29) is 11.4 Å². The van der Waals surface area contributed by atoms with E-state index in [1.165, 1.54) is 12.5 Å². The molecule has 2 rings (SSSR count). The number of rotatable bonds is 6. The Labute approximate surface area is 117 Å². The van der Waals surface area contributed by atoms with Crippen LogP contribution in [0.15, 0.2) is 41.9 Å². The fourth-order valence-corrected chi connectivity index (χ4v) is 2.72. The van der Waals surface area contributed by atoms with Crippen molar-refractivity contribution in [1.29, 1.82) is 0 Å². The van der Waals surface area contributed by atoms with E-state index < -0.39 is 10.0 Å². The Kier molecular flexibility index (Phi) is 4.59.